The molecule has 1 heterocycles. The topological polar surface area (TPSA) is 116 Å². The molecule has 8 nitrogen and oxygen atoms in total. The SMILES string of the molecule is Cc1c(NN)ncnc1Oc1cc([N+](=O)[O-])ccc1Cl. The van der Waals surface area contributed by atoms with Gasteiger partial charge in [0.25, 0.3) is 5.69 Å². The highest BCUT2D eigenvalue weighted by atomic mass is 35.5. The molecule has 20 heavy (non-hydrogen) atoms. The molecule has 0 aliphatic rings. The maximum absolute atomic E-state index is 10.7. The molecule has 0 aliphatic carbocycles. The van der Waals surface area contributed by atoms with Gasteiger partial charge < -0.3 is 10.2 Å². The number of hydrazine groups is 1. The van der Waals surface area contributed by atoms with E-state index >= 15 is 0 Å². The molecular formula is C11H10ClN5O3. The van der Waals surface area contributed by atoms with Crippen molar-refractivity contribution in [2.75, 3.05) is 5.43 Å². The number of nitro benzene ring substituents is 1. The van der Waals surface area contributed by atoms with Crippen molar-refractivity contribution in [2.45, 2.75) is 6.92 Å². The Bertz CT molecular complexity index is 665. The van der Waals surface area contributed by atoms with Crippen molar-refractivity contribution >= 4 is 23.1 Å². The van der Waals surface area contributed by atoms with Crippen LogP contribution in [-0.4, -0.2) is 14.9 Å². The highest BCUT2D eigenvalue weighted by Gasteiger charge is 2.14. The number of non-ortho nitro benzene ring substituents is 1. The van der Waals surface area contributed by atoms with Crippen LogP contribution in [0.15, 0.2) is 24.5 Å². The summed E-state index contributed by atoms with van der Waals surface area (Å²) in [6, 6.07) is 3.89. The Labute approximate surface area is 118 Å². The van der Waals surface area contributed by atoms with Crippen LogP contribution in [0.25, 0.3) is 0 Å². The minimum absolute atomic E-state index is 0.130. The van der Waals surface area contributed by atoms with Crippen LogP contribution in [0.5, 0.6) is 11.6 Å². The molecule has 1 aromatic heterocycles. The first-order valence-corrected chi connectivity index (χ1v) is 5.80. The molecule has 0 bridgehead atoms. The van der Waals surface area contributed by atoms with E-state index in [1.165, 1.54) is 24.5 Å². The van der Waals surface area contributed by atoms with Crippen LogP contribution in [0.2, 0.25) is 5.02 Å². The summed E-state index contributed by atoms with van der Waals surface area (Å²) >= 11 is 5.95. The van der Waals surface area contributed by atoms with Crippen molar-refractivity contribution in [3.05, 3.63) is 45.2 Å². The molecule has 0 unspecified atom stereocenters. The molecule has 2 rings (SSSR count). The lowest BCUT2D eigenvalue weighted by Gasteiger charge is -2.10. The van der Waals surface area contributed by atoms with Gasteiger partial charge in [-0.05, 0) is 13.0 Å². The zero-order chi connectivity index (χ0) is 14.7. The summed E-state index contributed by atoms with van der Waals surface area (Å²) < 4.78 is 5.49. The van der Waals surface area contributed by atoms with Gasteiger partial charge in [0.05, 0.1) is 21.6 Å². The first-order chi connectivity index (χ1) is 9.52. The van der Waals surface area contributed by atoms with Gasteiger partial charge in [-0.3, -0.25) is 10.1 Å². The summed E-state index contributed by atoms with van der Waals surface area (Å²) in [6.45, 7) is 1.69. The average molecular weight is 296 g/mol. The van der Waals surface area contributed by atoms with Crippen LogP contribution in [0, 0.1) is 17.0 Å². The highest BCUT2D eigenvalue weighted by molar-refractivity contribution is 6.32. The molecule has 9 heteroatoms. The fourth-order valence-electron chi connectivity index (χ4n) is 1.47. The van der Waals surface area contributed by atoms with E-state index < -0.39 is 4.92 Å². The van der Waals surface area contributed by atoms with Crippen LogP contribution in [0.4, 0.5) is 11.5 Å². The van der Waals surface area contributed by atoms with Gasteiger partial charge in [-0.15, -0.1) is 0 Å². The molecule has 0 radical (unpaired) electrons. The second-order valence-electron chi connectivity index (χ2n) is 3.77. The van der Waals surface area contributed by atoms with Gasteiger partial charge in [-0.1, -0.05) is 11.6 Å². The standard InChI is InChI=1S/C11H10ClN5O3/c1-6-10(16-13)14-5-15-11(6)20-9-4-7(17(18)19)2-3-8(9)12/h2-5H,13H2,1H3,(H,14,15,16). The van der Waals surface area contributed by atoms with Crippen molar-refractivity contribution in [3.8, 4) is 11.6 Å². The molecule has 0 amide bonds. The third-order valence-corrected chi connectivity index (χ3v) is 2.82. The third-order valence-electron chi connectivity index (χ3n) is 2.51. The van der Waals surface area contributed by atoms with E-state index in [0.717, 1.165) is 0 Å². The van der Waals surface area contributed by atoms with Crippen LogP contribution in [0.3, 0.4) is 0 Å². The summed E-state index contributed by atoms with van der Waals surface area (Å²) in [5.41, 5.74) is 2.82. The van der Waals surface area contributed by atoms with E-state index in [9.17, 15) is 10.1 Å². The number of rotatable bonds is 4. The first-order valence-electron chi connectivity index (χ1n) is 5.43. The summed E-state index contributed by atoms with van der Waals surface area (Å²) in [4.78, 5) is 18.0. The molecule has 0 spiro atoms. The lowest BCUT2D eigenvalue weighted by molar-refractivity contribution is -0.384. The van der Waals surface area contributed by atoms with Gasteiger partial charge in [0, 0.05) is 6.07 Å². The van der Waals surface area contributed by atoms with E-state index in [1.807, 2.05) is 0 Å². The lowest BCUT2D eigenvalue weighted by atomic mass is 10.3. The summed E-state index contributed by atoms with van der Waals surface area (Å²) in [5.74, 6) is 6.02. The van der Waals surface area contributed by atoms with E-state index in [0.29, 0.717) is 11.4 Å². The smallest absolute Gasteiger partial charge is 0.273 e. The molecule has 0 aliphatic heterocycles. The Hall–Kier alpha value is -2.45. The van der Waals surface area contributed by atoms with E-state index in [4.69, 9.17) is 22.2 Å². The Morgan fingerprint density at radius 3 is 2.85 bits per heavy atom. The van der Waals surface area contributed by atoms with Crippen LogP contribution >= 0.6 is 11.6 Å². The molecule has 0 saturated heterocycles. The van der Waals surface area contributed by atoms with Crippen molar-refractivity contribution in [1.29, 1.82) is 0 Å². The second kappa shape index (κ2) is 5.68. The van der Waals surface area contributed by atoms with Gasteiger partial charge >= 0.3 is 0 Å². The molecule has 3 N–H and O–H groups in total. The number of halogens is 1. The minimum Gasteiger partial charge on any atom is -0.437 e. The number of anilines is 1. The molecule has 0 fully saturated rings. The molecular weight excluding hydrogens is 286 g/mol. The number of nitrogens with two attached hydrogens (primary N) is 1. The van der Waals surface area contributed by atoms with Gasteiger partial charge in [0.1, 0.15) is 12.1 Å². The van der Waals surface area contributed by atoms with E-state index in [1.54, 1.807) is 6.92 Å². The van der Waals surface area contributed by atoms with E-state index in [2.05, 4.69) is 15.4 Å². The second-order valence-corrected chi connectivity index (χ2v) is 4.18. The number of nitro groups is 1. The quantitative estimate of drug-likeness (QED) is 0.505. The lowest BCUT2D eigenvalue weighted by Crippen LogP contribution is -2.11. The molecule has 1 aromatic carbocycles. The van der Waals surface area contributed by atoms with Crippen LogP contribution in [0.1, 0.15) is 5.56 Å². The Balaban J connectivity index is 2.39. The number of nitrogen functional groups attached to an aromatic ring is 1. The highest BCUT2D eigenvalue weighted by Crippen LogP contribution is 2.33. The molecule has 0 atom stereocenters. The number of hydrogen-bond donors (Lipinski definition) is 2. The predicted molar refractivity (Wildman–Crippen MR) is 72.8 cm³/mol. The third kappa shape index (κ3) is 2.76. The van der Waals surface area contributed by atoms with Gasteiger partial charge in [-0.2, -0.15) is 0 Å². The van der Waals surface area contributed by atoms with Crippen LogP contribution in [-0.2, 0) is 0 Å². The van der Waals surface area contributed by atoms with E-state index in [-0.39, 0.29) is 22.3 Å². The molecule has 0 saturated carbocycles. The normalized spacial score (nSPS) is 10.2. The fourth-order valence-corrected chi connectivity index (χ4v) is 1.63. The summed E-state index contributed by atoms with van der Waals surface area (Å²) in [7, 11) is 0. The summed E-state index contributed by atoms with van der Waals surface area (Å²) in [5, 5.41) is 11.0. The zero-order valence-corrected chi connectivity index (χ0v) is 11.1. The first kappa shape index (κ1) is 14.0. The van der Waals surface area contributed by atoms with Gasteiger partial charge in [0.15, 0.2) is 5.75 Å². The van der Waals surface area contributed by atoms with Crippen molar-refractivity contribution < 1.29 is 9.66 Å². The van der Waals surface area contributed by atoms with Crippen molar-refractivity contribution in [2.24, 2.45) is 5.84 Å². The van der Waals surface area contributed by atoms with Gasteiger partial charge in [0.2, 0.25) is 5.88 Å². The number of benzene rings is 1. The molecule has 104 valence electrons. The Morgan fingerprint density at radius 1 is 1.45 bits per heavy atom. The van der Waals surface area contributed by atoms with Crippen molar-refractivity contribution in [1.82, 2.24) is 9.97 Å². The Kier molecular flexibility index (Phi) is 3.97. The van der Waals surface area contributed by atoms with Gasteiger partial charge in [-0.25, -0.2) is 15.8 Å². The monoisotopic (exact) mass is 295 g/mol. The van der Waals surface area contributed by atoms with Crippen molar-refractivity contribution in [3.63, 3.8) is 0 Å². The average Bonchev–Trinajstić information content (AvgIpc) is 2.43. The number of nitrogens with one attached hydrogen (secondary N) is 1. The van der Waals surface area contributed by atoms with Crippen LogP contribution < -0.4 is 16.0 Å². The zero-order valence-electron chi connectivity index (χ0n) is 10.3. The number of ether oxygens (including phenoxy) is 1. The fraction of sp³-hybridized carbons (Fsp3) is 0.0909. The largest absolute Gasteiger partial charge is 0.437 e. The predicted octanol–water partition coefficient (Wildman–Crippen LogP) is 2.42. The summed E-state index contributed by atoms with van der Waals surface area (Å²) in [6.07, 6.45) is 1.25. The Morgan fingerprint density at radius 2 is 2.20 bits per heavy atom. The minimum atomic E-state index is -0.539. The molecule has 2 aromatic rings. The number of hydrogen-bond acceptors (Lipinski definition) is 7. The maximum Gasteiger partial charge on any atom is 0.273 e. The maximum atomic E-state index is 10.7. The number of nitrogens with zero attached hydrogens (tertiary/aromatic N) is 3. The number of aromatic nitrogens is 2.